The molecule has 1 heterocycles. The lowest BCUT2D eigenvalue weighted by Gasteiger charge is -2.54. The highest BCUT2D eigenvalue weighted by molar-refractivity contribution is 5.84. The summed E-state index contributed by atoms with van der Waals surface area (Å²) in [7, 11) is 0. The Bertz CT molecular complexity index is 441. The number of aldehydes is 1. The molecule has 0 N–H and O–H groups in total. The molecule has 3 rings (SSSR count). The summed E-state index contributed by atoms with van der Waals surface area (Å²) in [4.78, 5) is 23.2. The first-order chi connectivity index (χ1) is 8.45. The number of carbonyl (C=O) groups is 2. The van der Waals surface area contributed by atoms with Gasteiger partial charge in [-0.1, -0.05) is 26.0 Å². The third-order valence-corrected chi connectivity index (χ3v) is 5.95. The molecule has 2 unspecified atom stereocenters. The van der Waals surface area contributed by atoms with Crippen LogP contribution >= 0.6 is 0 Å². The van der Waals surface area contributed by atoms with Gasteiger partial charge in [0.1, 0.15) is 12.4 Å². The highest BCUT2D eigenvalue weighted by Crippen LogP contribution is 2.65. The molecule has 0 aromatic rings. The van der Waals surface area contributed by atoms with Crippen LogP contribution in [-0.2, 0) is 14.3 Å². The van der Waals surface area contributed by atoms with Gasteiger partial charge in [-0.25, -0.2) is 0 Å². The molecule has 98 valence electrons. The van der Waals surface area contributed by atoms with Crippen LogP contribution < -0.4 is 0 Å². The van der Waals surface area contributed by atoms with Gasteiger partial charge in [-0.05, 0) is 30.6 Å². The first-order valence-corrected chi connectivity index (χ1v) is 6.80. The molecule has 0 radical (unpaired) electrons. The van der Waals surface area contributed by atoms with Crippen LogP contribution in [-0.4, -0.2) is 18.4 Å². The monoisotopic (exact) mass is 248 g/mol. The quantitative estimate of drug-likeness (QED) is 0.428. The third-order valence-electron chi connectivity index (χ3n) is 5.95. The molecular weight excluding hydrogens is 228 g/mol. The van der Waals surface area contributed by atoms with E-state index in [9.17, 15) is 9.59 Å². The second-order valence-corrected chi connectivity index (χ2v) is 6.53. The first kappa shape index (κ1) is 11.9. The van der Waals surface area contributed by atoms with Crippen molar-refractivity contribution < 1.29 is 14.3 Å². The van der Waals surface area contributed by atoms with Crippen molar-refractivity contribution in [1.29, 1.82) is 0 Å². The van der Waals surface area contributed by atoms with Crippen LogP contribution in [0.2, 0.25) is 0 Å². The minimum Gasteiger partial charge on any atom is -0.461 e. The largest absolute Gasteiger partial charge is 0.461 e. The van der Waals surface area contributed by atoms with Crippen LogP contribution in [0, 0.1) is 22.7 Å². The fraction of sp³-hybridized carbons (Fsp3) is 0.733. The molecule has 1 saturated heterocycles. The molecule has 0 aromatic heterocycles. The SMILES string of the molecule is C=C1[C@@H]2[C@H]3CC(C)C1(C)CC[C@]2(CC=O)C(=O)O3. The average Bonchev–Trinajstić information content (AvgIpc) is 2.59. The van der Waals surface area contributed by atoms with Crippen molar-refractivity contribution >= 4 is 12.3 Å². The lowest BCUT2D eigenvalue weighted by molar-refractivity contribution is -0.150. The molecule has 0 amide bonds. The van der Waals surface area contributed by atoms with Gasteiger partial charge in [0.05, 0.1) is 5.41 Å². The van der Waals surface area contributed by atoms with Gasteiger partial charge in [-0.2, -0.15) is 0 Å². The van der Waals surface area contributed by atoms with Crippen molar-refractivity contribution in [2.45, 2.75) is 45.6 Å². The molecule has 3 heteroatoms. The zero-order valence-electron chi connectivity index (χ0n) is 11.1. The third kappa shape index (κ3) is 1.15. The predicted octanol–water partition coefficient (Wildman–Crippen LogP) is 2.50. The molecule has 3 fully saturated rings. The van der Waals surface area contributed by atoms with E-state index in [1.165, 1.54) is 0 Å². The Morgan fingerprint density at radius 1 is 1.50 bits per heavy atom. The Hall–Kier alpha value is -1.12. The maximum Gasteiger partial charge on any atom is 0.313 e. The normalized spacial score (nSPS) is 50.0. The summed E-state index contributed by atoms with van der Waals surface area (Å²) in [6.45, 7) is 8.75. The second kappa shape index (κ2) is 3.46. The summed E-state index contributed by atoms with van der Waals surface area (Å²) in [5.74, 6) is 0.387. The molecule has 2 saturated carbocycles. The summed E-state index contributed by atoms with van der Waals surface area (Å²) in [6.07, 6.45) is 3.74. The molecule has 2 aliphatic carbocycles. The Morgan fingerprint density at radius 2 is 2.22 bits per heavy atom. The van der Waals surface area contributed by atoms with E-state index < -0.39 is 5.41 Å². The minimum absolute atomic E-state index is 0.0478. The van der Waals surface area contributed by atoms with Crippen LogP contribution in [0.1, 0.15) is 39.5 Å². The summed E-state index contributed by atoms with van der Waals surface area (Å²) < 4.78 is 5.58. The molecule has 0 spiro atoms. The molecule has 3 nitrogen and oxygen atoms in total. The van der Waals surface area contributed by atoms with Gasteiger partial charge in [-0.15, -0.1) is 0 Å². The minimum atomic E-state index is -0.594. The number of fused-ring (bicyclic) bond motifs is 1. The summed E-state index contributed by atoms with van der Waals surface area (Å²) in [5, 5.41) is 0. The first-order valence-electron chi connectivity index (χ1n) is 6.80. The van der Waals surface area contributed by atoms with Crippen molar-refractivity contribution in [3.63, 3.8) is 0 Å². The number of carbonyl (C=O) groups excluding carboxylic acids is 2. The van der Waals surface area contributed by atoms with Crippen LogP contribution in [0.4, 0.5) is 0 Å². The van der Waals surface area contributed by atoms with E-state index in [1.807, 2.05) is 0 Å². The van der Waals surface area contributed by atoms with Crippen molar-refractivity contribution in [1.82, 2.24) is 0 Å². The van der Waals surface area contributed by atoms with Gasteiger partial charge in [-0.3, -0.25) is 4.79 Å². The van der Waals surface area contributed by atoms with E-state index in [4.69, 9.17) is 4.74 Å². The maximum atomic E-state index is 12.2. The second-order valence-electron chi connectivity index (χ2n) is 6.53. The van der Waals surface area contributed by atoms with Crippen molar-refractivity contribution in [2.24, 2.45) is 22.7 Å². The van der Waals surface area contributed by atoms with Crippen molar-refractivity contribution in [3.8, 4) is 0 Å². The number of rotatable bonds is 2. The molecule has 2 bridgehead atoms. The van der Waals surface area contributed by atoms with E-state index in [2.05, 4.69) is 20.4 Å². The molecule has 0 aromatic carbocycles. The van der Waals surface area contributed by atoms with E-state index in [-0.39, 0.29) is 29.8 Å². The Balaban J connectivity index is 2.09. The molecular formula is C15H20O3. The number of hydrogen-bond donors (Lipinski definition) is 0. The number of hydrogen-bond acceptors (Lipinski definition) is 3. The summed E-state index contributed by atoms with van der Waals surface area (Å²) in [5.41, 5.74) is 0.662. The van der Waals surface area contributed by atoms with Crippen molar-refractivity contribution in [2.75, 3.05) is 0 Å². The highest BCUT2D eigenvalue weighted by Gasteiger charge is 2.66. The molecule has 3 aliphatic rings. The van der Waals surface area contributed by atoms with Gasteiger partial charge in [0.25, 0.3) is 0 Å². The topological polar surface area (TPSA) is 43.4 Å². The predicted molar refractivity (Wildman–Crippen MR) is 66.7 cm³/mol. The zero-order chi connectivity index (χ0) is 13.1. The van der Waals surface area contributed by atoms with Gasteiger partial charge in [0.2, 0.25) is 0 Å². The van der Waals surface area contributed by atoms with E-state index in [0.29, 0.717) is 5.92 Å². The lowest BCUT2D eigenvalue weighted by Crippen LogP contribution is -2.51. The van der Waals surface area contributed by atoms with Gasteiger partial charge in [0, 0.05) is 12.3 Å². The van der Waals surface area contributed by atoms with Crippen LogP contribution in [0.3, 0.4) is 0 Å². The zero-order valence-corrected chi connectivity index (χ0v) is 11.1. The van der Waals surface area contributed by atoms with Gasteiger partial charge >= 0.3 is 5.97 Å². The van der Waals surface area contributed by atoms with Gasteiger partial charge in [0.15, 0.2) is 0 Å². The molecule has 18 heavy (non-hydrogen) atoms. The Morgan fingerprint density at radius 3 is 2.89 bits per heavy atom. The maximum absolute atomic E-state index is 12.2. The van der Waals surface area contributed by atoms with E-state index in [0.717, 1.165) is 31.1 Å². The standard InChI is InChI=1S/C15H20O3/c1-9-8-11-12-10(2)14(9,3)4-5-15(12,6-7-16)13(17)18-11/h7,9,11-12H,2,4-6,8H2,1,3H3/t9?,11-,12-,14?,15-/m1/s1. The highest BCUT2D eigenvalue weighted by atomic mass is 16.6. The van der Waals surface area contributed by atoms with Gasteiger partial charge < -0.3 is 9.53 Å². The van der Waals surface area contributed by atoms with Crippen LogP contribution in [0.15, 0.2) is 12.2 Å². The fourth-order valence-electron chi connectivity index (χ4n) is 4.44. The average molecular weight is 248 g/mol. The van der Waals surface area contributed by atoms with Crippen LogP contribution in [0.5, 0.6) is 0 Å². The van der Waals surface area contributed by atoms with E-state index in [1.54, 1.807) is 0 Å². The van der Waals surface area contributed by atoms with E-state index >= 15 is 0 Å². The number of ether oxygens (including phenoxy) is 1. The Labute approximate surface area is 108 Å². The molecule has 5 atom stereocenters. The Kier molecular flexibility index (Phi) is 2.30. The summed E-state index contributed by atoms with van der Waals surface area (Å²) >= 11 is 0. The van der Waals surface area contributed by atoms with Crippen molar-refractivity contribution in [3.05, 3.63) is 12.2 Å². The molecule has 1 aliphatic heterocycles. The number of esters is 1. The summed E-state index contributed by atoms with van der Waals surface area (Å²) in [6, 6.07) is 0. The smallest absolute Gasteiger partial charge is 0.313 e. The van der Waals surface area contributed by atoms with Crippen LogP contribution in [0.25, 0.3) is 0 Å². The lowest BCUT2D eigenvalue weighted by atomic mass is 9.48. The fourth-order valence-corrected chi connectivity index (χ4v) is 4.44.